The minimum atomic E-state index is -1.26. The van der Waals surface area contributed by atoms with E-state index < -0.39 is 5.60 Å². The molecule has 0 spiro atoms. The third-order valence-electron chi connectivity index (χ3n) is 5.74. The Bertz CT molecular complexity index is 943. The van der Waals surface area contributed by atoms with E-state index in [4.69, 9.17) is 11.6 Å². The molecule has 0 saturated carbocycles. The lowest BCUT2D eigenvalue weighted by molar-refractivity contribution is 0.106. The molecule has 25 heavy (non-hydrogen) atoms. The zero-order chi connectivity index (χ0) is 17.6. The molecule has 3 aliphatic rings. The van der Waals surface area contributed by atoms with Crippen molar-refractivity contribution < 1.29 is 5.11 Å². The molecule has 4 heteroatoms. The fraction of sp³-hybridized carbons (Fsp3) is 0.143. The molecule has 0 amide bonds. The predicted octanol–water partition coefficient (Wildman–Crippen LogP) is 5.97. The highest BCUT2D eigenvalue weighted by Crippen LogP contribution is 2.63. The van der Waals surface area contributed by atoms with Crippen molar-refractivity contribution in [1.29, 1.82) is 0 Å². The Labute approximate surface area is 173 Å². The Morgan fingerprint density at radius 3 is 2.16 bits per heavy atom. The largest absolute Gasteiger partial charge is 0.376 e. The molecule has 3 aromatic carbocycles. The zero-order valence-electron chi connectivity index (χ0n) is 13.3. The molecule has 1 N–H and O–H groups in total. The molecular formula is C21H13BrClIO. The molecule has 6 rings (SSSR count). The molecule has 0 aromatic heterocycles. The van der Waals surface area contributed by atoms with Crippen LogP contribution < -0.4 is 0 Å². The lowest BCUT2D eigenvalue weighted by atomic mass is 9.52. The Hall–Kier alpha value is -0.880. The van der Waals surface area contributed by atoms with Gasteiger partial charge in [0.2, 0.25) is 0 Å². The van der Waals surface area contributed by atoms with Gasteiger partial charge in [-0.1, -0.05) is 63.9 Å². The third kappa shape index (κ3) is 1.73. The summed E-state index contributed by atoms with van der Waals surface area (Å²) in [6, 6.07) is 18.3. The predicted molar refractivity (Wildman–Crippen MR) is 112 cm³/mol. The van der Waals surface area contributed by atoms with E-state index in [2.05, 4.69) is 75.8 Å². The summed E-state index contributed by atoms with van der Waals surface area (Å²) in [6.07, 6.45) is 0. The van der Waals surface area contributed by atoms with Crippen molar-refractivity contribution in [1.82, 2.24) is 0 Å². The number of hydrogen-bond donors (Lipinski definition) is 1. The van der Waals surface area contributed by atoms with Crippen LogP contribution in [0.2, 0.25) is 5.02 Å². The summed E-state index contributed by atoms with van der Waals surface area (Å²) in [5.74, 6) is 0. The summed E-state index contributed by atoms with van der Waals surface area (Å²) in [6.45, 7) is 2.24. The molecule has 0 fully saturated rings. The fourth-order valence-electron chi connectivity index (χ4n) is 4.74. The summed E-state index contributed by atoms with van der Waals surface area (Å²) >= 11 is 12.7. The van der Waals surface area contributed by atoms with E-state index in [1.54, 1.807) is 0 Å². The van der Waals surface area contributed by atoms with Gasteiger partial charge in [0.25, 0.3) is 0 Å². The second kappa shape index (κ2) is 5.10. The first kappa shape index (κ1) is 16.3. The molecule has 1 nitrogen and oxygen atoms in total. The first-order valence-corrected chi connectivity index (χ1v) is 10.3. The second-order valence-corrected chi connectivity index (χ2v) is 9.25. The number of benzene rings is 3. The minimum Gasteiger partial charge on any atom is -0.376 e. The Morgan fingerprint density at radius 2 is 1.44 bits per heavy atom. The van der Waals surface area contributed by atoms with Gasteiger partial charge in [0.1, 0.15) is 5.60 Å². The van der Waals surface area contributed by atoms with Gasteiger partial charge >= 0.3 is 0 Å². The molecule has 0 saturated heterocycles. The molecule has 2 bridgehead atoms. The highest BCUT2D eigenvalue weighted by molar-refractivity contribution is 14.1. The van der Waals surface area contributed by atoms with E-state index in [1.807, 2.05) is 24.3 Å². The van der Waals surface area contributed by atoms with Gasteiger partial charge in [-0.05, 0) is 64.4 Å². The maximum Gasteiger partial charge on any atom is 0.145 e. The summed E-state index contributed by atoms with van der Waals surface area (Å²) in [5.41, 5.74) is 4.45. The second-order valence-electron chi connectivity index (χ2n) is 6.82. The van der Waals surface area contributed by atoms with Crippen LogP contribution in [0, 0.1) is 3.57 Å². The maximum absolute atomic E-state index is 12.2. The lowest BCUT2D eigenvalue weighted by Crippen LogP contribution is -2.50. The number of rotatable bonds is 0. The third-order valence-corrected chi connectivity index (χ3v) is 7.62. The monoisotopic (exact) mass is 522 g/mol. The Morgan fingerprint density at radius 1 is 0.880 bits per heavy atom. The molecule has 2 atom stereocenters. The summed E-state index contributed by atoms with van der Waals surface area (Å²) in [5, 5.41) is 12.8. The van der Waals surface area contributed by atoms with Gasteiger partial charge in [0, 0.05) is 35.2 Å². The fourth-order valence-corrected chi connectivity index (χ4v) is 6.59. The standard InChI is InChI=1S/C21H13BrClIO/c1-20-11-5-2-8-14(22)17(11)21(25,18-12(20)6-3-9-15(18)23)19-13(20)7-4-10-16(19)24/h2-10,25H,1H3. The molecule has 0 radical (unpaired) electrons. The maximum atomic E-state index is 12.2. The van der Waals surface area contributed by atoms with Crippen LogP contribution in [0.5, 0.6) is 0 Å². The molecule has 124 valence electrons. The van der Waals surface area contributed by atoms with Gasteiger partial charge in [-0.3, -0.25) is 0 Å². The molecule has 3 aromatic rings. The Kier molecular flexibility index (Phi) is 3.32. The van der Waals surface area contributed by atoms with Crippen LogP contribution in [0.3, 0.4) is 0 Å². The van der Waals surface area contributed by atoms with Gasteiger partial charge < -0.3 is 5.11 Å². The van der Waals surface area contributed by atoms with Crippen molar-refractivity contribution in [2.45, 2.75) is 17.9 Å². The van der Waals surface area contributed by atoms with Crippen molar-refractivity contribution in [3.05, 3.63) is 101 Å². The van der Waals surface area contributed by atoms with E-state index >= 15 is 0 Å². The van der Waals surface area contributed by atoms with Gasteiger partial charge in [-0.2, -0.15) is 0 Å². The van der Waals surface area contributed by atoms with E-state index in [9.17, 15) is 5.11 Å². The number of hydrogen-bond acceptors (Lipinski definition) is 1. The quantitative estimate of drug-likeness (QED) is 0.360. The highest BCUT2D eigenvalue weighted by Gasteiger charge is 2.58. The molecule has 3 aliphatic carbocycles. The van der Waals surface area contributed by atoms with Crippen molar-refractivity contribution in [3.8, 4) is 0 Å². The van der Waals surface area contributed by atoms with Gasteiger partial charge in [-0.15, -0.1) is 0 Å². The molecule has 0 aliphatic heterocycles. The molecular weight excluding hydrogens is 510 g/mol. The number of halogens is 3. The van der Waals surface area contributed by atoms with Crippen molar-refractivity contribution in [2.75, 3.05) is 0 Å². The van der Waals surface area contributed by atoms with Gasteiger partial charge in [0.05, 0.1) is 0 Å². The van der Waals surface area contributed by atoms with Crippen LogP contribution in [0.4, 0.5) is 0 Å². The first-order chi connectivity index (χ1) is 11.9. The van der Waals surface area contributed by atoms with Crippen LogP contribution in [-0.2, 0) is 11.0 Å². The molecule has 0 heterocycles. The van der Waals surface area contributed by atoms with Crippen molar-refractivity contribution >= 4 is 50.1 Å². The first-order valence-electron chi connectivity index (χ1n) is 8.02. The lowest BCUT2D eigenvalue weighted by Gasteiger charge is -2.53. The van der Waals surface area contributed by atoms with Gasteiger partial charge in [-0.25, -0.2) is 0 Å². The van der Waals surface area contributed by atoms with Crippen LogP contribution in [-0.4, -0.2) is 5.11 Å². The van der Waals surface area contributed by atoms with Crippen molar-refractivity contribution in [3.63, 3.8) is 0 Å². The van der Waals surface area contributed by atoms with Crippen LogP contribution in [0.1, 0.15) is 40.3 Å². The SMILES string of the molecule is CC12c3cccc(Cl)c3C(O)(c3c(Br)cccc31)c1c(I)cccc12. The van der Waals surface area contributed by atoms with Crippen LogP contribution in [0.15, 0.2) is 59.1 Å². The van der Waals surface area contributed by atoms with Gasteiger partial charge in [0.15, 0.2) is 0 Å². The van der Waals surface area contributed by atoms with E-state index in [0.29, 0.717) is 5.02 Å². The normalized spacial score (nSPS) is 25.3. The summed E-state index contributed by atoms with van der Waals surface area (Å²) in [4.78, 5) is 0. The van der Waals surface area contributed by atoms with Crippen molar-refractivity contribution in [2.24, 2.45) is 0 Å². The Balaban J connectivity index is 2.10. The average Bonchev–Trinajstić information content (AvgIpc) is 2.58. The summed E-state index contributed by atoms with van der Waals surface area (Å²) in [7, 11) is 0. The zero-order valence-corrected chi connectivity index (χ0v) is 17.8. The van der Waals surface area contributed by atoms with Crippen LogP contribution >= 0.6 is 50.1 Å². The number of aliphatic hydroxyl groups is 1. The van der Waals surface area contributed by atoms with E-state index in [-0.39, 0.29) is 5.41 Å². The minimum absolute atomic E-state index is 0.347. The highest BCUT2D eigenvalue weighted by atomic mass is 127. The average molecular weight is 524 g/mol. The summed E-state index contributed by atoms with van der Waals surface area (Å²) < 4.78 is 1.96. The van der Waals surface area contributed by atoms with E-state index in [1.165, 1.54) is 0 Å². The topological polar surface area (TPSA) is 20.2 Å². The van der Waals surface area contributed by atoms with Crippen LogP contribution in [0.25, 0.3) is 0 Å². The van der Waals surface area contributed by atoms with E-state index in [0.717, 1.165) is 41.4 Å². The molecule has 2 unspecified atom stereocenters. The smallest absolute Gasteiger partial charge is 0.145 e.